The molecule has 0 aliphatic heterocycles. The van der Waals surface area contributed by atoms with Gasteiger partial charge in [-0.25, -0.2) is 9.78 Å². The highest BCUT2D eigenvalue weighted by Crippen LogP contribution is 2.10. The number of rotatable bonds is 5. The van der Waals surface area contributed by atoms with E-state index in [1.165, 1.54) is 23.6 Å². The quantitative estimate of drug-likeness (QED) is 0.823. The number of thiazole rings is 1. The van der Waals surface area contributed by atoms with Crippen LogP contribution in [-0.4, -0.2) is 27.0 Å². The van der Waals surface area contributed by atoms with Crippen molar-refractivity contribution >= 4 is 29.3 Å². The lowest BCUT2D eigenvalue weighted by atomic mass is 10.2. The van der Waals surface area contributed by atoms with Crippen LogP contribution in [0.15, 0.2) is 30.6 Å². The standard InChI is InChI=1S/C14H13N3O3S/c1-9-6-16-12(21-9)8-17-14(20)11-4-2-10(7-15-11)3-5-13(18)19/h2-7H,8H2,1H3,(H,17,20)(H,18,19)/b5-3+. The molecular weight excluding hydrogens is 290 g/mol. The van der Waals surface area contributed by atoms with Crippen molar-refractivity contribution in [3.63, 3.8) is 0 Å². The smallest absolute Gasteiger partial charge is 0.328 e. The van der Waals surface area contributed by atoms with Gasteiger partial charge in [-0.15, -0.1) is 11.3 Å². The van der Waals surface area contributed by atoms with Crippen molar-refractivity contribution in [2.24, 2.45) is 0 Å². The molecule has 2 aromatic heterocycles. The van der Waals surface area contributed by atoms with E-state index in [0.717, 1.165) is 16.0 Å². The molecule has 6 nitrogen and oxygen atoms in total. The highest BCUT2D eigenvalue weighted by atomic mass is 32.1. The molecule has 0 atom stereocenters. The average Bonchev–Trinajstić information content (AvgIpc) is 2.89. The van der Waals surface area contributed by atoms with Gasteiger partial charge in [0.2, 0.25) is 0 Å². The second-order valence-electron chi connectivity index (χ2n) is 4.20. The number of nitrogens with one attached hydrogen (secondary N) is 1. The Morgan fingerprint density at radius 2 is 2.14 bits per heavy atom. The summed E-state index contributed by atoms with van der Waals surface area (Å²) in [5.41, 5.74) is 0.889. The van der Waals surface area contributed by atoms with E-state index in [4.69, 9.17) is 5.11 Å². The number of aryl methyl sites for hydroxylation is 1. The number of aromatic nitrogens is 2. The van der Waals surface area contributed by atoms with Crippen LogP contribution in [0, 0.1) is 6.92 Å². The van der Waals surface area contributed by atoms with Gasteiger partial charge in [0.1, 0.15) is 10.7 Å². The number of hydrogen-bond donors (Lipinski definition) is 2. The van der Waals surface area contributed by atoms with Gasteiger partial charge >= 0.3 is 5.97 Å². The number of carbonyl (C=O) groups is 2. The number of pyridine rings is 1. The fourth-order valence-electron chi connectivity index (χ4n) is 1.54. The van der Waals surface area contributed by atoms with Crippen molar-refractivity contribution in [1.82, 2.24) is 15.3 Å². The molecule has 2 N–H and O–H groups in total. The van der Waals surface area contributed by atoms with E-state index in [1.807, 2.05) is 6.92 Å². The Morgan fingerprint density at radius 1 is 1.33 bits per heavy atom. The van der Waals surface area contributed by atoms with Gasteiger partial charge in [0, 0.05) is 23.3 Å². The van der Waals surface area contributed by atoms with Crippen LogP contribution in [-0.2, 0) is 11.3 Å². The third-order valence-electron chi connectivity index (χ3n) is 2.51. The van der Waals surface area contributed by atoms with Gasteiger partial charge in [0.15, 0.2) is 0 Å². The van der Waals surface area contributed by atoms with Crippen LogP contribution < -0.4 is 5.32 Å². The lowest BCUT2D eigenvalue weighted by molar-refractivity contribution is -0.131. The number of carboxylic acids is 1. The average molecular weight is 303 g/mol. The number of aliphatic carboxylic acids is 1. The molecule has 0 bridgehead atoms. The van der Waals surface area contributed by atoms with Crippen molar-refractivity contribution in [2.45, 2.75) is 13.5 Å². The fourth-order valence-corrected chi connectivity index (χ4v) is 2.26. The first-order valence-corrected chi connectivity index (χ1v) is 6.93. The zero-order chi connectivity index (χ0) is 15.2. The van der Waals surface area contributed by atoms with E-state index in [2.05, 4.69) is 15.3 Å². The molecule has 108 valence electrons. The second kappa shape index (κ2) is 6.76. The van der Waals surface area contributed by atoms with Gasteiger partial charge in [-0.3, -0.25) is 9.78 Å². The monoisotopic (exact) mass is 303 g/mol. The third kappa shape index (κ3) is 4.50. The van der Waals surface area contributed by atoms with Crippen LogP contribution in [0.3, 0.4) is 0 Å². The van der Waals surface area contributed by atoms with Gasteiger partial charge in [-0.2, -0.15) is 0 Å². The molecule has 0 unspecified atom stereocenters. The van der Waals surface area contributed by atoms with Crippen LogP contribution in [0.4, 0.5) is 0 Å². The maximum absolute atomic E-state index is 11.9. The Kier molecular flexibility index (Phi) is 4.78. The lowest BCUT2D eigenvalue weighted by Gasteiger charge is -2.02. The van der Waals surface area contributed by atoms with E-state index in [0.29, 0.717) is 12.1 Å². The molecule has 0 aliphatic rings. The zero-order valence-corrected chi connectivity index (χ0v) is 12.1. The first-order valence-electron chi connectivity index (χ1n) is 6.11. The van der Waals surface area contributed by atoms with Crippen molar-refractivity contribution in [3.8, 4) is 0 Å². The van der Waals surface area contributed by atoms with Crippen LogP contribution in [0.2, 0.25) is 0 Å². The molecule has 0 fully saturated rings. The van der Waals surface area contributed by atoms with Crippen LogP contribution in [0.25, 0.3) is 6.08 Å². The number of carboxylic acid groups (broad SMARTS) is 1. The van der Waals surface area contributed by atoms with Gasteiger partial charge in [0.05, 0.1) is 6.54 Å². The summed E-state index contributed by atoms with van der Waals surface area (Å²) in [6, 6.07) is 3.18. The molecule has 0 radical (unpaired) electrons. The first-order chi connectivity index (χ1) is 10.0. The third-order valence-corrected chi connectivity index (χ3v) is 3.42. The molecule has 2 aromatic rings. The Labute approximate surface area is 125 Å². The minimum absolute atomic E-state index is 0.274. The molecule has 0 saturated carbocycles. The molecule has 0 spiro atoms. The second-order valence-corrected chi connectivity index (χ2v) is 5.51. The predicted octanol–water partition coefficient (Wildman–Crippen LogP) is 1.87. The largest absolute Gasteiger partial charge is 0.478 e. The van der Waals surface area contributed by atoms with Crippen LogP contribution in [0.1, 0.15) is 25.9 Å². The minimum atomic E-state index is -1.03. The topological polar surface area (TPSA) is 92.2 Å². The summed E-state index contributed by atoms with van der Waals surface area (Å²) >= 11 is 1.53. The van der Waals surface area contributed by atoms with E-state index in [9.17, 15) is 9.59 Å². The lowest BCUT2D eigenvalue weighted by Crippen LogP contribution is -2.23. The molecule has 21 heavy (non-hydrogen) atoms. The Hall–Kier alpha value is -2.54. The molecular formula is C14H13N3O3S. The fraction of sp³-hybridized carbons (Fsp3) is 0.143. The molecule has 0 aromatic carbocycles. The molecule has 1 amide bonds. The van der Waals surface area contributed by atoms with Crippen LogP contribution >= 0.6 is 11.3 Å². The minimum Gasteiger partial charge on any atom is -0.478 e. The SMILES string of the molecule is Cc1cnc(CNC(=O)c2ccc(/C=C/C(=O)O)cn2)s1. The van der Waals surface area contributed by atoms with Crippen LogP contribution in [0.5, 0.6) is 0 Å². The molecule has 2 heterocycles. The van der Waals surface area contributed by atoms with Crippen molar-refractivity contribution in [2.75, 3.05) is 0 Å². The molecule has 0 aliphatic carbocycles. The van der Waals surface area contributed by atoms with E-state index in [-0.39, 0.29) is 11.6 Å². The Morgan fingerprint density at radius 3 is 2.71 bits per heavy atom. The molecule has 0 saturated heterocycles. The van der Waals surface area contributed by atoms with E-state index < -0.39 is 5.97 Å². The number of nitrogens with zero attached hydrogens (tertiary/aromatic N) is 2. The van der Waals surface area contributed by atoms with Crippen molar-refractivity contribution in [1.29, 1.82) is 0 Å². The maximum Gasteiger partial charge on any atom is 0.328 e. The summed E-state index contributed by atoms with van der Waals surface area (Å²) in [6.45, 7) is 2.31. The normalized spacial score (nSPS) is 10.7. The van der Waals surface area contributed by atoms with E-state index >= 15 is 0 Å². The first kappa shape index (κ1) is 14.9. The molecule has 2 rings (SSSR count). The molecule has 7 heteroatoms. The summed E-state index contributed by atoms with van der Waals surface area (Å²) in [7, 11) is 0. The van der Waals surface area contributed by atoms with Gasteiger partial charge in [-0.1, -0.05) is 6.07 Å². The van der Waals surface area contributed by atoms with Gasteiger partial charge in [-0.05, 0) is 24.6 Å². The van der Waals surface area contributed by atoms with Gasteiger partial charge in [0.25, 0.3) is 5.91 Å². The summed E-state index contributed by atoms with van der Waals surface area (Å²) in [4.78, 5) is 31.5. The number of amides is 1. The Balaban J connectivity index is 1.95. The highest BCUT2D eigenvalue weighted by Gasteiger charge is 2.07. The maximum atomic E-state index is 11.9. The number of carbonyl (C=O) groups excluding carboxylic acids is 1. The summed E-state index contributed by atoms with van der Waals surface area (Å²) in [5.74, 6) is -1.33. The summed E-state index contributed by atoms with van der Waals surface area (Å²) in [5, 5.41) is 12.1. The van der Waals surface area contributed by atoms with E-state index in [1.54, 1.807) is 18.3 Å². The van der Waals surface area contributed by atoms with Crippen molar-refractivity contribution in [3.05, 3.63) is 51.7 Å². The van der Waals surface area contributed by atoms with Gasteiger partial charge < -0.3 is 10.4 Å². The van der Waals surface area contributed by atoms with Crippen molar-refractivity contribution < 1.29 is 14.7 Å². The Bertz CT molecular complexity index is 677. The highest BCUT2D eigenvalue weighted by molar-refractivity contribution is 7.11. The number of hydrogen-bond acceptors (Lipinski definition) is 5. The summed E-state index contributed by atoms with van der Waals surface area (Å²) in [6.07, 6.45) is 5.63. The predicted molar refractivity (Wildman–Crippen MR) is 78.9 cm³/mol. The summed E-state index contributed by atoms with van der Waals surface area (Å²) < 4.78 is 0. The zero-order valence-electron chi connectivity index (χ0n) is 11.2.